The summed E-state index contributed by atoms with van der Waals surface area (Å²) in [5.74, 6) is 1.97. The van der Waals surface area contributed by atoms with Crippen molar-refractivity contribution in [2.45, 2.75) is 27.2 Å². The number of nitrogens with zero attached hydrogens (tertiary/aromatic N) is 2. The van der Waals surface area contributed by atoms with Gasteiger partial charge in [-0.2, -0.15) is 0 Å². The van der Waals surface area contributed by atoms with E-state index in [1.54, 1.807) is 0 Å². The Kier molecular flexibility index (Phi) is 4.82. The van der Waals surface area contributed by atoms with Crippen LogP contribution >= 0.6 is 11.6 Å². The molecule has 1 atom stereocenters. The number of hydrogen-bond acceptors (Lipinski definition) is 3. The molecule has 0 aliphatic heterocycles. The summed E-state index contributed by atoms with van der Waals surface area (Å²) in [7, 11) is 0. The maximum Gasteiger partial charge on any atom is 0.223 e. The molecular formula is C11H18ClN3. The van der Waals surface area contributed by atoms with Crippen molar-refractivity contribution in [3.63, 3.8) is 0 Å². The van der Waals surface area contributed by atoms with Crippen LogP contribution in [0.15, 0.2) is 6.07 Å². The van der Waals surface area contributed by atoms with Gasteiger partial charge in [-0.3, -0.25) is 0 Å². The van der Waals surface area contributed by atoms with Crippen molar-refractivity contribution in [2.24, 2.45) is 5.92 Å². The van der Waals surface area contributed by atoms with Gasteiger partial charge in [0.15, 0.2) is 0 Å². The lowest BCUT2D eigenvalue weighted by Crippen LogP contribution is -2.14. The number of aromatic nitrogens is 2. The van der Waals surface area contributed by atoms with Crippen LogP contribution in [-0.4, -0.2) is 22.4 Å². The van der Waals surface area contributed by atoms with Gasteiger partial charge >= 0.3 is 0 Å². The summed E-state index contributed by atoms with van der Waals surface area (Å²) in [6, 6.07) is 1.97. The lowest BCUT2D eigenvalue weighted by molar-refractivity contribution is 0.594. The van der Waals surface area contributed by atoms with E-state index in [1.165, 1.54) is 0 Å². The second kappa shape index (κ2) is 5.91. The van der Waals surface area contributed by atoms with Crippen molar-refractivity contribution in [3.8, 4) is 0 Å². The summed E-state index contributed by atoms with van der Waals surface area (Å²) in [6.45, 7) is 6.98. The monoisotopic (exact) mass is 227 g/mol. The average molecular weight is 228 g/mol. The highest BCUT2D eigenvalue weighted by atomic mass is 35.5. The fourth-order valence-corrected chi connectivity index (χ4v) is 1.73. The Hall–Kier alpha value is -0.830. The average Bonchev–Trinajstić information content (AvgIpc) is 2.14. The van der Waals surface area contributed by atoms with E-state index in [4.69, 9.17) is 11.6 Å². The Morgan fingerprint density at radius 2 is 1.93 bits per heavy atom. The van der Waals surface area contributed by atoms with E-state index >= 15 is 0 Å². The minimum atomic E-state index is 0.548. The lowest BCUT2D eigenvalue weighted by Gasteiger charge is -2.11. The summed E-state index contributed by atoms with van der Waals surface area (Å²) in [5.41, 5.74) is 1.99. The van der Waals surface area contributed by atoms with Gasteiger partial charge in [0, 0.05) is 23.8 Å². The molecule has 84 valence electrons. The van der Waals surface area contributed by atoms with E-state index in [9.17, 15) is 0 Å². The maximum absolute atomic E-state index is 5.67. The van der Waals surface area contributed by atoms with Crippen LogP contribution in [-0.2, 0) is 0 Å². The fraction of sp³-hybridized carbons (Fsp3) is 0.636. The maximum atomic E-state index is 5.67. The van der Waals surface area contributed by atoms with E-state index in [2.05, 4.69) is 22.2 Å². The van der Waals surface area contributed by atoms with Crippen LogP contribution in [0.2, 0.25) is 0 Å². The predicted molar refractivity (Wildman–Crippen MR) is 64.5 cm³/mol. The standard InChI is InChI=1S/C11H18ClN3/c1-8(4-5-12)7-13-11-14-9(2)6-10(3)15-11/h6,8H,4-5,7H2,1-3H3,(H,13,14,15). The molecule has 1 unspecified atom stereocenters. The largest absolute Gasteiger partial charge is 0.354 e. The van der Waals surface area contributed by atoms with Gasteiger partial charge in [-0.1, -0.05) is 6.92 Å². The lowest BCUT2D eigenvalue weighted by atomic mass is 10.1. The molecule has 0 saturated heterocycles. The minimum absolute atomic E-state index is 0.548. The van der Waals surface area contributed by atoms with Crippen molar-refractivity contribution < 1.29 is 0 Å². The van der Waals surface area contributed by atoms with Gasteiger partial charge in [-0.15, -0.1) is 11.6 Å². The minimum Gasteiger partial charge on any atom is -0.354 e. The summed E-state index contributed by atoms with van der Waals surface area (Å²) in [4.78, 5) is 8.62. The van der Waals surface area contributed by atoms with Crippen LogP contribution in [0.1, 0.15) is 24.7 Å². The van der Waals surface area contributed by atoms with Gasteiger partial charge in [0.25, 0.3) is 0 Å². The van der Waals surface area contributed by atoms with Crippen LogP contribution in [0.3, 0.4) is 0 Å². The number of alkyl halides is 1. The van der Waals surface area contributed by atoms with Gasteiger partial charge in [0.1, 0.15) is 0 Å². The van der Waals surface area contributed by atoms with Gasteiger partial charge in [0.05, 0.1) is 0 Å². The van der Waals surface area contributed by atoms with Gasteiger partial charge < -0.3 is 5.32 Å². The summed E-state index contributed by atoms with van der Waals surface area (Å²) in [6.07, 6.45) is 1.01. The highest BCUT2D eigenvalue weighted by molar-refractivity contribution is 6.17. The molecule has 1 rings (SSSR count). The van der Waals surface area contributed by atoms with Crippen molar-refractivity contribution >= 4 is 17.5 Å². The van der Waals surface area contributed by atoms with E-state index < -0.39 is 0 Å². The summed E-state index contributed by atoms with van der Waals surface area (Å²) in [5, 5.41) is 3.23. The number of aryl methyl sites for hydroxylation is 2. The number of nitrogens with one attached hydrogen (secondary N) is 1. The SMILES string of the molecule is Cc1cc(C)nc(NCC(C)CCCl)n1. The first-order valence-corrected chi connectivity index (χ1v) is 5.77. The normalized spacial score (nSPS) is 12.5. The zero-order chi connectivity index (χ0) is 11.3. The van der Waals surface area contributed by atoms with Crippen LogP contribution in [0.5, 0.6) is 0 Å². The van der Waals surface area contributed by atoms with E-state index in [1.807, 2.05) is 19.9 Å². The van der Waals surface area contributed by atoms with E-state index in [-0.39, 0.29) is 0 Å². The predicted octanol–water partition coefficient (Wildman–Crippen LogP) is 2.77. The van der Waals surface area contributed by atoms with Crippen molar-refractivity contribution in [1.82, 2.24) is 9.97 Å². The first kappa shape index (κ1) is 12.2. The first-order valence-electron chi connectivity index (χ1n) is 5.24. The van der Waals surface area contributed by atoms with Crippen LogP contribution < -0.4 is 5.32 Å². The van der Waals surface area contributed by atoms with Crippen molar-refractivity contribution in [1.29, 1.82) is 0 Å². The quantitative estimate of drug-likeness (QED) is 0.787. The highest BCUT2D eigenvalue weighted by Gasteiger charge is 2.03. The Morgan fingerprint density at radius 1 is 1.33 bits per heavy atom. The molecule has 0 aliphatic carbocycles. The van der Waals surface area contributed by atoms with Gasteiger partial charge in [0.2, 0.25) is 5.95 Å². The Labute approximate surface area is 96.3 Å². The van der Waals surface area contributed by atoms with E-state index in [0.717, 1.165) is 24.4 Å². The van der Waals surface area contributed by atoms with Crippen LogP contribution in [0, 0.1) is 19.8 Å². The van der Waals surface area contributed by atoms with Crippen molar-refractivity contribution in [3.05, 3.63) is 17.5 Å². The number of hydrogen-bond donors (Lipinski definition) is 1. The van der Waals surface area contributed by atoms with Crippen LogP contribution in [0.4, 0.5) is 5.95 Å². The number of anilines is 1. The molecule has 1 aromatic heterocycles. The van der Waals surface area contributed by atoms with Crippen LogP contribution in [0.25, 0.3) is 0 Å². The molecule has 4 heteroatoms. The second-order valence-corrected chi connectivity index (χ2v) is 4.32. The Morgan fingerprint density at radius 3 is 2.47 bits per heavy atom. The molecule has 1 aromatic rings. The summed E-state index contributed by atoms with van der Waals surface area (Å²) < 4.78 is 0. The van der Waals surface area contributed by atoms with Gasteiger partial charge in [-0.05, 0) is 32.3 Å². The molecule has 0 saturated carbocycles. The molecule has 0 aromatic carbocycles. The molecule has 0 radical (unpaired) electrons. The molecule has 0 amide bonds. The third-order valence-corrected chi connectivity index (χ3v) is 2.41. The molecule has 1 N–H and O–H groups in total. The molecule has 0 spiro atoms. The fourth-order valence-electron chi connectivity index (χ4n) is 1.36. The highest BCUT2D eigenvalue weighted by Crippen LogP contribution is 2.07. The molecule has 0 aliphatic rings. The number of rotatable bonds is 5. The van der Waals surface area contributed by atoms with Crippen molar-refractivity contribution in [2.75, 3.05) is 17.7 Å². The topological polar surface area (TPSA) is 37.8 Å². The molecule has 0 bridgehead atoms. The molecular weight excluding hydrogens is 210 g/mol. The Bertz CT molecular complexity index is 294. The third-order valence-electron chi connectivity index (χ3n) is 2.19. The first-order chi connectivity index (χ1) is 7.11. The molecule has 0 fully saturated rings. The molecule has 15 heavy (non-hydrogen) atoms. The third kappa shape index (κ3) is 4.47. The molecule has 1 heterocycles. The zero-order valence-electron chi connectivity index (χ0n) is 9.55. The van der Waals surface area contributed by atoms with Gasteiger partial charge in [-0.25, -0.2) is 9.97 Å². The Balaban J connectivity index is 2.50. The smallest absolute Gasteiger partial charge is 0.223 e. The number of halogens is 1. The van der Waals surface area contributed by atoms with E-state index in [0.29, 0.717) is 17.7 Å². The second-order valence-electron chi connectivity index (χ2n) is 3.94. The zero-order valence-corrected chi connectivity index (χ0v) is 10.3. The summed E-state index contributed by atoms with van der Waals surface area (Å²) >= 11 is 5.67. The molecule has 3 nitrogen and oxygen atoms in total.